The highest BCUT2D eigenvalue weighted by Crippen LogP contribution is 2.31. The number of nitrogens with one attached hydrogen (secondary N) is 1. The second-order valence-electron chi connectivity index (χ2n) is 7.10. The fraction of sp³-hybridized carbons (Fsp3) is 0.381. The number of halogens is 1. The van der Waals surface area contributed by atoms with E-state index in [1.54, 1.807) is 7.11 Å². The monoisotopic (exact) mass is 400 g/mol. The summed E-state index contributed by atoms with van der Waals surface area (Å²) in [5.41, 5.74) is 2.90. The van der Waals surface area contributed by atoms with Crippen LogP contribution in [0.5, 0.6) is 5.75 Å². The van der Waals surface area contributed by atoms with Crippen LogP contribution in [0.3, 0.4) is 0 Å². The van der Waals surface area contributed by atoms with Crippen molar-refractivity contribution in [2.75, 3.05) is 44.7 Å². The molecule has 7 heteroatoms. The number of anilines is 1. The lowest BCUT2D eigenvalue weighted by molar-refractivity contribution is 0.250. The molecule has 4 rings (SSSR count). The highest BCUT2D eigenvalue weighted by molar-refractivity contribution is 6.30. The number of rotatable bonds is 6. The van der Waals surface area contributed by atoms with Gasteiger partial charge in [0.25, 0.3) is 0 Å². The summed E-state index contributed by atoms with van der Waals surface area (Å²) in [6, 6.07) is 13.6. The van der Waals surface area contributed by atoms with Crippen LogP contribution in [0.2, 0.25) is 5.02 Å². The molecule has 2 heterocycles. The lowest BCUT2D eigenvalue weighted by Crippen LogP contribution is -2.46. The molecule has 1 aromatic heterocycles. The van der Waals surface area contributed by atoms with E-state index in [4.69, 9.17) is 16.3 Å². The van der Waals surface area contributed by atoms with Gasteiger partial charge in [0, 0.05) is 37.7 Å². The van der Waals surface area contributed by atoms with Gasteiger partial charge in [-0.3, -0.25) is 9.47 Å². The maximum atomic E-state index is 12.2. The molecule has 2 aromatic carbocycles. The minimum atomic E-state index is -0.0286. The number of piperazine rings is 1. The van der Waals surface area contributed by atoms with Crippen LogP contribution in [-0.2, 0) is 6.54 Å². The fourth-order valence-electron chi connectivity index (χ4n) is 3.90. The quantitative estimate of drug-likeness (QED) is 0.690. The van der Waals surface area contributed by atoms with E-state index in [2.05, 4.69) is 14.8 Å². The lowest BCUT2D eigenvalue weighted by Gasteiger charge is -2.36. The van der Waals surface area contributed by atoms with Crippen molar-refractivity contribution in [1.29, 1.82) is 0 Å². The van der Waals surface area contributed by atoms with E-state index in [9.17, 15) is 4.79 Å². The largest absolute Gasteiger partial charge is 0.495 e. The smallest absolute Gasteiger partial charge is 0.326 e. The number of methoxy groups -OCH3 is 1. The van der Waals surface area contributed by atoms with Gasteiger partial charge in [0.05, 0.1) is 23.8 Å². The molecule has 1 aliphatic rings. The molecule has 6 nitrogen and oxygen atoms in total. The Balaban J connectivity index is 1.32. The van der Waals surface area contributed by atoms with Crippen LogP contribution >= 0.6 is 11.6 Å². The van der Waals surface area contributed by atoms with Crippen molar-refractivity contribution >= 4 is 28.3 Å². The van der Waals surface area contributed by atoms with Gasteiger partial charge in [0.1, 0.15) is 5.75 Å². The molecule has 0 unspecified atom stereocenters. The van der Waals surface area contributed by atoms with Crippen LogP contribution in [0.15, 0.2) is 47.3 Å². The molecule has 0 bridgehead atoms. The number of hydrogen-bond donors (Lipinski definition) is 1. The molecular weight excluding hydrogens is 376 g/mol. The van der Waals surface area contributed by atoms with E-state index in [0.29, 0.717) is 0 Å². The van der Waals surface area contributed by atoms with Gasteiger partial charge in [-0.1, -0.05) is 23.7 Å². The Morgan fingerprint density at radius 1 is 1.07 bits per heavy atom. The molecule has 0 atom stereocenters. The first-order valence-electron chi connectivity index (χ1n) is 9.64. The summed E-state index contributed by atoms with van der Waals surface area (Å²) >= 11 is 6.17. The average Bonchev–Trinajstić information content (AvgIpc) is 3.04. The summed E-state index contributed by atoms with van der Waals surface area (Å²) in [6.07, 6.45) is 0.947. The van der Waals surface area contributed by atoms with Gasteiger partial charge in [-0.25, -0.2) is 4.79 Å². The molecule has 1 saturated heterocycles. The minimum Gasteiger partial charge on any atom is -0.495 e. The standard InChI is InChI=1S/C21H25ClN4O2/c1-28-20-8-7-16(22)15-19(20)25-13-11-24(12-14-25)9-4-10-26-18-6-3-2-5-17(18)23-21(26)27/h2-3,5-8,15H,4,9-14H2,1H3,(H,23,27). The van der Waals surface area contributed by atoms with E-state index in [1.807, 2.05) is 47.0 Å². The molecule has 0 saturated carbocycles. The Kier molecular flexibility index (Phi) is 5.59. The second kappa shape index (κ2) is 8.29. The van der Waals surface area contributed by atoms with E-state index in [0.717, 1.165) is 73.2 Å². The van der Waals surface area contributed by atoms with Gasteiger partial charge >= 0.3 is 5.69 Å². The average molecular weight is 401 g/mol. The molecule has 28 heavy (non-hydrogen) atoms. The number of hydrogen-bond acceptors (Lipinski definition) is 4. The molecule has 0 amide bonds. The zero-order valence-electron chi connectivity index (χ0n) is 16.0. The van der Waals surface area contributed by atoms with Gasteiger partial charge in [0.15, 0.2) is 0 Å². The summed E-state index contributed by atoms with van der Waals surface area (Å²) in [4.78, 5) is 19.9. The highest BCUT2D eigenvalue weighted by Gasteiger charge is 2.20. The van der Waals surface area contributed by atoms with Crippen molar-refractivity contribution in [1.82, 2.24) is 14.5 Å². The van der Waals surface area contributed by atoms with Crippen molar-refractivity contribution < 1.29 is 4.74 Å². The maximum absolute atomic E-state index is 12.2. The maximum Gasteiger partial charge on any atom is 0.326 e. The third-order valence-electron chi connectivity index (χ3n) is 5.39. The molecule has 0 radical (unpaired) electrons. The summed E-state index contributed by atoms with van der Waals surface area (Å²) < 4.78 is 7.32. The topological polar surface area (TPSA) is 53.5 Å². The van der Waals surface area contributed by atoms with Crippen LogP contribution in [0.1, 0.15) is 6.42 Å². The van der Waals surface area contributed by atoms with Crippen LogP contribution in [0, 0.1) is 0 Å². The summed E-state index contributed by atoms with van der Waals surface area (Å²) in [5, 5.41) is 0.724. The van der Waals surface area contributed by atoms with Crippen molar-refractivity contribution in [3.05, 3.63) is 58.0 Å². The zero-order valence-corrected chi connectivity index (χ0v) is 16.8. The summed E-state index contributed by atoms with van der Waals surface area (Å²) in [7, 11) is 1.69. The molecule has 0 spiro atoms. The van der Waals surface area contributed by atoms with E-state index >= 15 is 0 Å². The number of para-hydroxylation sites is 2. The number of aromatic nitrogens is 2. The first-order chi connectivity index (χ1) is 13.7. The first-order valence-corrected chi connectivity index (χ1v) is 10.0. The molecule has 1 aliphatic heterocycles. The fourth-order valence-corrected chi connectivity index (χ4v) is 4.07. The third-order valence-corrected chi connectivity index (χ3v) is 5.63. The van der Waals surface area contributed by atoms with Crippen LogP contribution in [-0.4, -0.2) is 54.3 Å². The van der Waals surface area contributed by atoms with Crippen molar-refractivity contribution in [2.45, 2.75) is 13.0 Å². The Morgan fingerprint density at radius 3 is 2.64 bits per heavy atom. The molecule has 148 valence electrons. The van der Waals surface area contributed by atoms with Gasteiger partial charge in [0.2, 0.25) is 0 Å². The van der Waals surface area contributed by atoms with E-state index in [-0.39, 0.29) is 5.69 Å². The third kappa shape index (κ3) is 3.88. The second-order valence-corrected chi connectivity index (χ2v) is 7.53. The summed E-state index contributed by atoms with van der Waals surface area (Å²) in [6.45, 7) is 5.54. The SMILES string of the molecule is COc1ccc(Cl)cc1N1CCN(CCCn2c(=O)[nH]c3ccccc32)CC1. The predicted molar refractivity (Wildman–Crippen MR) is 114 cm³/mol. The normalized spacial score (nSPS) is 15.3. The molecule has 0 aliphatic carbocycles. The van der Waals surface area contributed by atoms with Crippen LogP contribution in [0.25, 0.3) is 11.0 Å². The van der Waals surface area contributed by atoms with Gasteiger partial charge in [-0.2, -0.15) is 0 Å². The molecular formula is C21H25ClN4O2. The van der Waals surface area contributed by atoms with Gasteiger partial charge in [-0.05, 0) is 43.3 Å². The number of aryl methyl sites for hydroxylation is 1. The summed E-state index contributed by atoms with van der Waals surface area (Å²) in [5.74, 6) is 0.858. The Morgan fingerprint density at radius 2 is 1.86 bits per heavy atom. The number of fused-ring (bicyclic) bond motifs is 1. The predicted octanol–water partition coefficient (Wildman–Crippen LogP) is 3.20. The van der Waals surface area contributed by atoms with Crippen molar-refractivity contribution in [2.24, 2.45) is 0 Å². The van der Waals surface area contributed by atoms with Crippen LogP contribution < -0.4 is 15.3 Å². The van der Waals surface area contributed by atoms with Crippen molar-refractivity contribution in [3.63, 3.8) is 0 Å². The Hall–Kier alpha value is -2.44. The van der Waals surface area contributed by atoms with E-state index in [1.165, 1.54) is 0 Å². The lowest BCUT2D eigenvalue weighted by atomic mass is 10.2. The number of aromatic amines is 1. The number of ether oxygens (including phenoxy) is 1. The minimum absolute atomic E-state index is 0.0286. The van der Waals surface area contributed by atoms with Crippen LogP contribution in [0.4, 0.5) is 5.69 Å². The van der Waals surface area contributed by atoms with Gasteiger partial charge < -0.3 is 14.6 Å². The molecule has 3 aromatic rings. The van der Waals surface area contributed by atoms with Crippen molar-refractivity contribution in [3.8, 4) is 5.75 Å². The Bertz CT molecular complexity index is 1010. The Labute approximate surface area is 169 Å². The number of H-pyrrole nitrogens is 1. The van der Waals surface area contributed by atoms with E-state index < -0.39 is 0 Å². The zero-order chi connectivity index (χ0) is 19.5. The molecule has 1 fully saturated rings. The first kappa shape index (κ1) is 18.9. The number of imidazole rings is 1. The highest BCUT2D eigenvalue weighted by atomic mass is 35.5. The number of benzene rings is 2. The molecule has 1 N–H and O–H groups in total. The van der Waals surface area contributed by atoms with Gasteiger partial charge in [-0.15, -0.1) is 0 Å². The number of nitrogens with zero attached hydrogens (tertiary/aromatic N) is 3.